The molecule has 1 aliphatic carbocycles. The molecule has 2 aromatic rings. The Labute approximate surface area is 180 Å². The van der Waals surface area contributed by atoms with Crippen molar-refractivity contribution in [3.63, 3.8) is 0 Å². The molecule has 0 aromatic heterocycles. The molecule has 0 heterocycles. The standard InChI is InChI=1S/C9H13.C8H16N.C6H7Si.Ti/c1-6-5-7(2)9(4)8(6)3;1-9-8-6-4-2-3-5-7-8;7-6-4-2-1-3-5-6;/h5H,1-4H3;8H,2-7H2,1H3;1-5H,7H2;/q2*-1;;+2. The number of aryl methyl sites for hydroxylation is 2. The van der Waals surface area contributed by atoms with Crippen LogP contribution in [0.5, 0.6) is 0 Å². The molecule has 0 aliphatic heterocycles. The Balaban J connectivity index is 0.000000357. The third-order valence-electron chi connectivity index (χ3n) is 5.21. The van der Waals surface area contributed by atoms with E-state index < -0.39 is 0 Å². The van der Waals surface area contributed by atoms with Gasteiger partial charge in [-0.1, -0.05) is 102 Å². The van der Waals surface area contributed by atoms with Crippen molar-refractivity contribution in [3.05, 3.63) is 64.0 Å². The van der Waals surface area contributed by atoms with Gasteiger partial charge in [-0.25, -0.2) is 0 Å². The summed E-state index contributed by atoms with van der Waals surface area (Å²) in [5, 5.41) is 5.66. The Hall–Kier alpha value is -0.539. The summed E-state index contributed by atoms with van der Waals surface area (Å²) in [7, 11) is 3.86. The monoisotopic (exact) mass is 402 g/mol. The third kappa shape index (κ3) is 9.97. The van der Waals surface area contributed by atoms with Gasteiger partial charge in [-0.15, -0.1) is 6.04 Å². The summed E-state index contributed by atoms with van der Waals surface area (Å²) >= 11 is 0. The molecule has 0 saturated heterocycles. The van der Waals surface area contributed by atoms with Gasteiger partial charge in [0.05, 0.1) is 0 Å². The van der Waals surface area contributed by atoms with Crippen LogP contribution in [-0.4, -0.2) is 23.3 Å². The van der Waals surface area contributed by atoms with Crippen molar-refractivity contribution in [2.24, 2.45) is 0 Å². The summed E-state index contributed by atoms with van der Waals surface area (Å²) in [5.74, 6) is 0. The second-order valence-electron chi connectivity index (χ2n) is 7.15. The zero-order chi connectivity index (χ0) is 18.7. The van der Waals surface area contributed by atoms with E-state index in [0.717, 1.165) is 0 Å². The second kappa shape index (κ2) is 14.5. The van der Waals surface area contributed by atoms with Crippen LogP contribution in [0.4, 0.5) is 0 Å². The Morgan fingerprint density at radius 3 is 1.77 bits per heavy atom. The number of hydrogen-bond donors (Lipinski definition) is 0. The Morgan fingerprint density at radius 2 is 1.50 bits per heavy atom. The van der Waals surface area contributed by atoms with E-state index in [2.05, 4.69) is 51.2 Å². The fraction of sp³-hybridized carbons (Fsp3) is 0.522. The van der Waals surface area contributed by atoms with Crippen molar-refractivity contribution < 1.29 is 21.7 Å². The van der Waals surface area contributed by atoms with Gasteiger partial charge >= 0.3 is 21.7 Å². The summed E-state index contributed by atoms with van der Waals surface area (Å²) < 4.78 is 0. The molecular formula is C23H36NSiTi. The molecule has 0 amide bonds. The zero-order valence-electron chi connectivity index (χ0n) is 17.4. The van der Waals surface area contributed by atoms with E-state index in [1.165, 1.54) is 66.0 Å². The molecular weight excluding hydrogens is 366 g/mol. The number of rotatable bonds is 1. The first-order valence-electron chi connectivity index (χ1n) is 9.61. The molecule has 0 atom stereocenters. The summed E-state index contributed by atoms with van der Waals surface area (Å²) in [6.07, 6.45) is 8.37. The van der Waals surface area contributed by atoms with Crippen molar-refractivity contribution in [2.75, 3.05) is 7.05 Å². The molecule has 141 valence electrons. The third-order valence-corrected chi connectivity index (χ3v) is 5.68. The van der Waals surface area contributed by atoms with Gasteiger partial charge < -0.3 is 5.32 Å². The van der Waals surface area contributed by atoms with Gasteiger partial charge in [-0.3, -0.25) is 0 Å². The van der Waals surface area contributed by atoms with E-state index in [9.17, 15) is 0 Å². The fourth-order valence-corrected chi connectivity index (χ4v) is 3.40. The molecule has 1 saturated carbocycles. The van der Waals surface area contributed by atoms with E-state index in [1.807, 2.05) is 35.5 Å². The van der Waals surface area contributed by atoms with Crippen LogP contribution in [0.3, 0.4) is 0 Å². The molecule has 0 bridgehead atoms. The maximum atomic E-state index is 4.31. The van der Waals surface area contributed by atoms with Crippen LogP contribution >= 0.6 is 0 Å². The maximum Gasteiger partial charge on any atom is 2.00 e. The van der Waals surface area contributed by atoms with Crippen LogP contribution < -0.4 is 5.19 Å². The summed E-state index contributed by atoms with van der Waals surface area (Å²) in [6, 6.07) is 13.2. The minimum atomic E-state index is 0. The fourth-order valence-electron chi connectivity index (χ4n) is 3.13. The predicted molar refractivity (Wildman–Crippen MR) is 116 cm³/mol. The first-order valence-corrected chi connectivity index (χ1v) is 10.3. The average Bonchev–Trinajstić information content (AvgIpc) is 2.84. The average molecular weight is 403 g/mol. The van der Waals surface area contributed by atoms with Crippen LogP contribution in [0.2, 0.25) is 0 Å². The number of hydrogen-bond acceptors (Lipinski definition) is 0. The quantitative estimate of drug-likeness (QED) is 0.349. The molecule has 1 radical (unpaired) electrons. The molecule has 2 aromatic carbocycles. The summed E-state index contributed by atoms with van der Waals surface area (Å²) in [5.41, 5.74) is 5.75. The minimum Gasteiger partial charge on any atom is -0.662 e. The van der Waals surface area contributed by atoms with Gasteiger partial charge in [0.2, 0.25) is 0 Å². The van der Waals surface area contributed by atoms with Crippen molar-refractivity contribution in [1.29, 1.82) is 0 Å². The van der Waals surface area contributed by atoms with Gasteiger partial charge in [0.25, 0.3) is 0 Å². The molecule has 0 unspecified atom stereocenters. The van der Waals surface area contributed by atoms with Crippen LogP contribution in [0, 0.1) is 27.7 Å². The van der Waals surface area contributed by atoms with Gasteiger partial charge in [0.1, 0.15) is 0 Å². The van der Waals surface area contributed by atoms with E-state index in [-0.39, 0.29) is 21.7 Å². The van der Waals surface area contributed by atoms with Crippen LogP contribution in [0.25, 0.3) is 5.32 Å². The van der Waals surface area contributed by atoms with Crippen LogP contribution in [-0.2, 0) is 21.7 Å². The maximum absolute atomic E-state index is 4.31. The first kappa shape index (κ1) is 25.5. The number of benzene rings is 1. The zero-order valence-corrected chi connectivity index (χ0v) is 20.4. The van der Waals surface area contributed by atoms with Crippen molar-refractivity contribution in [2.45, 2.75) is 72.3 Å². The molecule has 1 nitrogen and oxygen atoms in total. The summed E-state index contributed by atoms with van der Waals surface area (Å²) in [4.78, 5) is 0. The molecule has 3 rings (SSSR count). The van der Waals surface area contributed by atoms with E-state index in [1.54, 1.807) is 0 Å². The van der Waals surface area contributed by atoms with E-state index >= 15 is 0 Å². The molecule has 0 N–H and O–H groups in total. The van der Waals surface area contributed by atoms with Gasteiger partial charge in [-0.2, -0.15) is 35.4 Å². The SMILES string of the molecule is C[N-]C1CCCCCC1.Cc1c[c-](C)c(C)c1C.[SiH2]c1ccccc1.[Ti+2]. The Bertz CT molecular complexity index is 561. The minimum absolute atomic E-state index is 0. The number of nitrogens with zero attached hydrogens (tertiary/aromatic N) is 1. The Kier molecular flexibility index (Phi) is 14.2. The van der Waals surface area contributed by atoms with Gasteiger partial charge in [-0.05, 0) is 0 Å². The predicted octanol–water partition coefficient (Wildman–Crippen LogP) is 5.29. The van der Waals surface area contributed by atoms with Gasteiger partial charge in [0, 0.05) is 10.2 Å². The first-order chi connectivity index (χ1) is 12.0. The van der Waals surface area contributed by atoms with Crippen LogP contribution in [0.1, 0.15) is 60.8 Å². The molecule has 26 heavy (non-hydrogen) atoms. The molecule has 0 spiro atoms. The van der Waals surface area contributed by atoms with E-state index in [0.29, 0.717) is 6.04 Å². The molecule has 1 fully saturated rings. The van der Waals surface area contributed by atoms with Gasteiger partial charge in [0.15, 0.2) is 0 Å². The normalized spacial score (nSPS) is 14.1. The Morgan fingerprint density at radius 1 is 0.962 bits per heavy atom. The van der Waals surface area contributed by atoms with Crippen molar-refractivity contribution >= 4 is 15.4 Å². The van der Waals surface area contributed by atoms with E-state index in [4.69, 9.17) is 0 Å². The van der Waals surface area contributed by atoms with Crippen molar-refractivity contribution in [1.82, 2.24) is 0 Å². The largest absolute Gasteiger partial charge is 2.00 e. The molecule has 3 heteroatoms. The topological polar surface area (TPSA) is 14.1 Å². The summed E-state index contributed by atoms with van der Waals surface area (Å²) in [6.45, 7) is 8.68. The van der Waals surface area contributed by atoms with Crippen LogP contribution in [0.15, 0.2) is 36.4 Å². The molecule has 1 aliphatic rings. The second-order valence-corrected chi connectivity index (χ2v) is 7.97. The smallest absolute Gasteiger partial charge is 0.662 e. The van der Waals surface area contributed by atoms with Crippen molar-refractivity contribution in [3.8, 4) is 0 Å².